The van der Waals surface area contributed by atoms with Crippen LogP contribution in [0, 0.1) is 0 Å². The van der Waals surface area contributed by atoms with Crippen LogP contribution in [0.1, 0.15) is 0 Å². The van der Waals surface area contributed by atoms with E-state index in [1.165, 1.54) is 0 Å². The molecule has 13 heteroatoms. The zero-order chi connectivity index (χ0) is 14.5. The van der Waals surface area contributed by atoms with Crippen molar-refractivity contribution in [2.45, 2.75) is 0 Å². The molecule has 0 aromatic heterocycles. The van der Waals surface area contributed by atoms with Gasteiger partial charge in [-0.05, 0) is 0 Å². The van der Waals surface area contributed by atoms with Crippen LogP contribution in [0.25, 0.3) is 0 Å². The highest BCUT2D eigenvalue weighted by Crippen LogP contribution is 1.68. The van der Waals surface area contributed by atoms with Gasteiger partial charge in [-0.15, -0.1) is 0 Å². The number of hydrogen-bond donors (Lipinski definition) is 10. The lowest BCUT2D eigenvalue weighted by molar-refractivity contribution is 0.0650. The summed E-state index contributed by atoms with van der Waals surface area (Å²) in [5, 5.41) is 16.2. The molecule has 0 fully saturated rings. The molecule has 0 heterocycles. The summed E-state index contributed by atoms with van der Waals surface area (Å²) >= 11 is 0. The van der Waals surface area contributed by atoms with Gasteiger partial charge in [-0.1, -0.05) is 0 Å². The Morgan fingerprint density at radius 2 is 0.765 bits per heavy atom. The molecule has 0 saturated heterocycles. The topological polar surface area (TPSA) is 212 Å². The molecule has 10 N–H and O–H groups in total. The lowest BCUT2D eigenvalue weighted by Crippen LogP contribution is -2.33. The largest absolute Gasteiger partial charge is 0.668 e. The van der Waals surface area contributed by atoms with E-state index in [0.29, 0.717) is 13.2 Å². The van der Waals surface area contributed by atoms with E-state index in [0.717, 1.165) is 0 Å². The van der Waals surface area contributed by atoms with Crippen LogP contribution in [0.5, 0.6) is 0 Å². The Kier molecular flexibility index (Phi) is 16.3. The Hall–Kier alpha value is -0.00623. The molecule has 0 bridgehead atoms. The highest BCUT2D eigenvalue weighted by molar-refractivity contribution is 6.47. The second kappa shape index (κ2) is 12.5. The van der Waals surface area contributed by atoms with Crippen LogP contribution in [-0.2, 0) is 4.74 Å². The van der Waals surface area contributed by atoms with Gasteiger partial charge in [0.25, 0.3) is 0 Å². The van der Waals surface area contributed by atoms with Gasteiger partial charge >= 0.3 is 18.1 Å². The van der Waals surface area contributed by atoms with Crippen molar-refractivity contribution in [3.8, 4) is 0 Å². The minimum absolute atomic E-state index is 0.0278. The predicted octanol–water partition coefficient (Wildman–Crippen LogP) is -6.23. The van der Waals surface area contributed by atoms with E-state index in [-0.39, 0.29) is 13.2 Å². The van der Waals surface area contributed by atoms with E-state index in [2.05, 4.69) is 4.74 Å². The van der Waals surface area contributed by atoms with E-state index >= 15 is 0 Å². The van der Waals surface area contributed by atoms with E-state index in [1.807, 2.05) is 0 Å². The van der Waals surface area contributed by atoms with Crippen LogP contribution in [0.15, 0.2) is 0 Å². The van der Waals surface area contributed by atoms with Crippen LogP contribution < -0.4 is 0 Å². The van der Waals surface area contributed by atoms with Crippen molar-refractivity contribution in [3.63, 3.8) is 0 Å². The van der Waals surface area contributed by atoms with Gasteiger partial charge in [0.15, 0.2) is 0 Å². The number of ether oxygens (including phenoxy) is 1. The van der Waals surface area contributed by atoms with Crippen molar-refractivity contribution in [1.29, 1.82) is 0 Å². The van der Waals surface area contributed by atoms with Gasteiger partial charge in [-0.2, -0.15) is 0 Å². The molecule has 0 saturated carbocycles. The molecule has 0 aliphatic carbocycles. The molecule has 0 atom stereocenters. The molecule has 0 radical (unpaired) electrons. The molecule has 0 aromatic rings. The van der Waals surface area contributed by atoms with Gasteiger partial charge in [0, 0.05) is 0 Å². The zero-order valence-corrected chi connectivity index (χ0v) is 10.7. The first-order chi connectivity index (χ1) is 7.41. The predicted molar refractivity (Wildman–Crippen MR) is 54.2 cm³/mol. The summed E-state index contributed by atoms with van der Waals surface area (Å²) in [6.45, 7) is 0.696. The lowest BCUT2D eigenvalue weighted by atomic mass is 10.7. The highest BCUT2D eigenvalue weighted by atomic mass is 28.4. The Morgan fingerprint density at radius 1 is 0.588 bits per heavy atom. The molecule has 0 aliphatic heterocycles. The number of hydrogen-bond acceptors (Lipinski definition) is 11. The molecule has 0 amide bonds. The minimum Gasteiger partial charge on any atom is -0.394 e. The Labute approximate surface area is 98.7 Å². The summed E-state index contributed by atoms with van der Waals surface area (Å²) < 4.78 is 4.63. The van der Waals surface area contributed by atoms with Gasteiger partial charge in [0.05, 0.1) is 26.4 Å². The summed E-state index contributed by atoms with van der Waals surface area (Å²) in [5.41, 5.74) is 0. The fourth-order valence-corrected chi connectivity index (χ4v) is 0.231. The maximum atomic E-state index is 8.09. The highest BCUT2D eigenvalue weighted by Gasteiger charge is 2.22. The minimum atomic E-state index is -4.61. The molecule has 0 aromatic carbocycles. The van der Waals surface area contributed by atoms with E-state index in [4.69, 9.17) is 48.6 Å². The quantitative estimate of drug-likeness (QED) is 0.174. The smallest absolute Gasteiger partial charge is 0.394 e. The van der Waals surface area contributed by atoms with Crippen LogP contribution in [0.3, 0.4) is 0 Å². The number of aliphatic hydroxyl groups is 2. The monoisotopic (exact) mass is 298 g/mol. The van der Waals surface area contributed by atoms with Crippen LogP contribution in [0.4, 0.5) is 0 Å². The van der Waals surface area contributed by atoms with Crippen molar-refractivity contribution >= 4 is 18.1 Å². The number of rotatable bonds is 4. The molecule has 0 spiro atoms. The first-order valence-electron chi connectivity index (χ1n) is 4.00. The SMILES string of the molecule is OCCOCCO.O[Si](O)(O)O.O[Si](O)(O)O. The van der Waals surface area contributed by atoms with Gasteiger partial charge < -0.3 is 53.3 Å². The lowest BCUT2D eigenvalue weighted by Gasteiger charge is -1.94. The molecule has 11 nitrogen and oxygen atoms in total. The first kappa shape index (κ1) is 22.2. The van der Waals surface area contributed by atoms with Gasteiger partial charge in [0.1, 0.15) is 0 Å². The summed E-state index contributed by atoms with van der Waals surface area (Å²) in [6, 6.07) is 0. The van der Waals surface area contributed by atoms with Crippen LogP contribution in [-0.4, -0.2) is 93.1 Å². The van der Waals surface area contributed by atoms with Crippen LogP contribution >= 0.6 is 0 Å². The maximum Gasteiger partial charge on any atom is 0.668 e. The Balaban J connectivity index is -0.000000177. The standard InChI is InChI=1S/C4H10O3.2H4O4Si/c5-1-3-7-4-2-6;2*1-5(2,3)4/h5-6H,1-4H2;2*1-4H. The van der Waals surface area contributed by atoms with Crippen molar-refractivity contribution in [1.82, 2.24) is 0 Å². The Morgan fingerprint density at radius 3 is 0.882 bits per heavy atom. The fourth-order valence-electron chi connectivity index (χ4n) is 0.231. The average molecular weight is 298 g/mol. The second-order valence-electron chi connectivity index (χ2n) is 2.26. The van der Waals surface area contributed by atoms with E-state index in [9.17, 15) is 0 Å². The molecule has 0 rings (SSSR count). The second-order valence-corrected chi connectivity index (χ2v) is 4.66. The molecule has 0 aliphatic rings. The van der Waals surface area contributed by atoms with Gasteiger partial charge in [-0.25, -0.2) is 0 Å². The summed E-state index contributed by atoms with van der Waals surface area (Å²) in [5.74, 6) is 0. The molecule has 17 heavy (non-hydrogen) atoms. The first-order valence-corrected chi connectivity index (χ1v) is 7.58. The van der Waals surface area contributed by atoms with Crippen molar-refractivity contribution in [3.05, 3.63) is 0 Å². The molecule has 108 valence electrons. The molecular formula is C4H18O11Si2. The van der Waals surface area contributed by atoms with Crippen molar-refractivity contribution in [2.24, 2.45) is 0 Å². The third-order valence-electron chi connectivity index (χ3n) is 0.471. The summed E-state index contributed by atoms with van der Waals surface area (Å²) in [4.78, 5) is 58.6. The van der Waals surface area contributed by atoms with Crippen LogP contribution in [0.2, 0.25) is 0 Å². The van der Waals surface area contributed by atoms with Crippen molar-refractivity contribution in [2.75, 3.05) is 26.4 Å². The maximum absolute atomic E-state index is 8.09. The zero-order valence-electron chi connectivity index (χ0n) is 8.71. The van der Waals surface area contributed by atoms with Gasteiger partial charge in [0.2, 0.25) is 0 Å². The molecular weight excluding hydrogens is 280 g/mol. The van der Waals surface area contributed by atoms with E-state index in [1.54, 1.807) is 0 Å². The van der Waals surface area contributed by atoms with Gasteiger partial charge in [-0.3, -0.25) is 0 Å². The summed E-state index contributed by atoms with van der Waals surface area (Å²) in [7, 11) is -9.22. The third kappa shape index (κ3) is 196. The summed E-state index contributed by atoms with van der Waals surface area (Å²) in [6.07, 6.45) is 0. The third-order valence-corrected chi connectivity index (χ3v) is 0.471. The Bertz CT molecular complexity index is 113. The van der Waals surface area contributed by atoms with E-state index < -0.39 is 18.1 Å². The number of aliphatic hydroxyl groups excluding tert-OH is 2. The normalized spacial score (nSPS) is 10.9. The molecule has 0 unspecified atom stereocenters. The average Bonchev–Trinajstić information content (AvgIpc) is 1.99. The fraction of sp³-hybridized carbons (Fsp3) is 1.00. The van der Waals surface area contributed by atoms with Crippen molar-refractivity contribution < 1.29 is 53.3 Å².